The Bertz CT molecular complexity index is 1240. The molecule has 2 N–H and O–H groups in total. The highest BCUT2D eigenvalue weighted by Crippen LogP contribution is 2.30. The second kappa shape index (κ2) is 11.9. The normalized spacial score (nSPS) is 13.1. The maximum Gasteiger partial charge on any atom is 0.407 e. The van der Waals surface area contributed by atoms with Crippen LogP contribution < -0.4 is 15.4 Å². The number of amides is 1. The number of fused-ring (bicyclic) bond motifs is 1. The molecule has 3 rings (SSSR count). The summed E-state index contributed by atoms with van der Waals surface area (Å²) >= 11 is 0. The summed E-state index contributed by atoms with van der Waals surface area (Å²) in [4.78, 5) is 28.8. The van der Waals surface area contributed by atoms with Crippen molar-refractivity contribution < 1.29 is 28.2 Å². The number of halogens is 1. The van der Waals surface area contributed by atoms with Crippen LogP contribution in [0.1, 0.15) is 69.9 Å². The lowest BCUT2D eigenvalue weighted by molar-refractivity contribution is 0.0496. The summed E-state index contributed by atoms with van der Waals surface area (Å²) < 4.78 is 32.2. The SMILES string of the molecule is CCOC(=O)c1cnn2ccc(N[C@H](C)c3cc(F)ccc3O[C@H](CC)CNC(=O)OC(C)(C)C)nc12. The van der Waals surface area contributed by atoms with Crippen molar-refractivity contribution in [2.45, 2.75) is 65.7 Å². The van der Waals surface area contributed by atoms with Crippen molar-refractivity contribution in [3.63, 3.8) is 0 Å². The number of nitrogens with zero attached hydrogens (tertiary/aromatic N) is 3. The Morgan fingerprint density at radius 3 is 2.62 bits per heavy atom. The molecule has 1 amide bonds. The molecule has 0 spiro atoms. The Hall–Kier alpha value is -3.89. The molecule has 0 aliphatic heterocycles. The van der Waals surface area contributed by atoms with Crippen molar-refractivity contribution >= 4 is 23.5 Å². The average Bonchev–Trinajstić information content (AvgIpc) is 3.25. The molecule has 0 aliphatic carbocycles. The highest BCUT2D eigenvalue weighted by molar-refractivity contribution is 5.95. The van der Waals surface area contributed by atoms with Gasteiger partial charge in [-0.25, -0.2) is 23.5 Å². The van der Waals surface area contributed by atoms with Crippen LogP contribution >= 0.6 is 0 Å². The van der Waals surface area contributed by atoms with Crippen LogP contribution in [0.3, 0.4) is 0 Å². The lowest BCUT2D eigenvalue weighted by Crippen LogP contribution is -2.38. The maximum atomic E-state index is 14.2. The van der Waals surface area contributed by atoms with Crippen LogP contribution in [0.5, 0.6) is 5.75 Å². The van der Waals surface area contributed by atoms with E-state index in [1.807, 2.05) is 13.8 Å². The van der Waals surface area contributed by atoms with Gasteiger partial charge >= 0.3 is 12.1 Å². The molecule has 0 saturated heterocycles. The van der Waals surface area contributed by atoms with Crippen molar-refractivity contribution in [3.05, 3.63) is 53.6 Å². The summed E-state index contributed by atoms with van der Waals surface area (Å²) in [5, 5.41) is 10.1. The smallest absolute Gasteiger partial charge is 0.407 e. The van der Waals surface area contributed by atoms with Crippen LogP contribution in [0.4, 0.5) is 15.0 Å². The van der Waals surface area contributed by atoms with Gasteiger partial charge < -0.3 is 24.8 Å². The molecule has 10 nitrogen and oxygen atoms in total. The van der Waals surface area contributed by atoms with Gasteiger partial charge in [-0.15, -0.1) is 0 Å². The molecular formula is C26H34FN5O5. The minimum atomic E-state index is -0.608. The van der Waals surface area contributed by atoms with E-state index in [0.717, 1.165) is 0 Å². The molecule has 2 heterocycles. The van der Waals surface area contributed by atoms with Crippen LogP contribution in [0.2, 0.25) is 0 Å². The minimum absolute atomic E-state index is 0.222. The standard InChI is InChI=1S/C26H34FN5O5/c1-7-18(14-28-25(34)37-26(4,5)6)36-21-10-9-17(27)13-19(21)16(3)30-22-11-12-32-23(31-22)20(15-29-32)24(33)35-8-2/h9-13,15-16,18H,7-8,14H2,1-6H3,(H,28,34)(H,30,31)/t16-,18-/m1/s1. The van der Waals surface area contributed by atoms with Crippen LogP contribution in [-0.2, 0) is 9.47 Å². The summed E-state index contributed by atoms with van der Waals surface area (Å²) in [6.07, 6.45) is 2.77. The monoisotopic (exact) mass is 515 g/mol. The number of nitrogens with one attached hydrogen (secondary N) is 2. The molecule has 11 heteroatoms. The summed E-state index contributed by atoms with van der Waals surface area (Å²) in [5.41, 5.74) is 0.543. The van der Waals surface area contributed by atoms with E-state index < -0.39 is 29.5 Å². The van der Waals surface area contributed by atoms with Crippen molar-refractivity contribution in [2.24, 2.45) is 0 Å². The van der Waals surface area contributed by atoms with Crippen LogP contribution in [0.15, 0.2) is 36.7 Å². The van der Waals surface area contributed by atoms with Crippen LogP contribution in [0.25, 0.3) is 5.65 Å². The molecule has 1 aromatic carbocycles. The molecule has 0 saturated carbocycles. The van der Waals surface area contributed by atoms with E-state index in [-0.39, 0.29) is 24.8 Å². The van der Waals surface area contributed by atoms with Gasteiger partial charge in [-0.05, 0) is 65.3 Å². The van der Waals surface area contributed by atoms with Gasteiger partial charge in [0.1, 0.15) is 34.7 Å². The third kappa shape index (κ3) is 7.55. The fourth-order valence-corrected chi connectivity index (χ4v) is 3.53. The van der Waals surface area contributed by atoms with Gasteiger partial charge in [0, 0.05) is 11.8 Å². The molecule has 3 aromatic rings. The molecule has 0 aliphatic rings. The van der Waals surface area contributed by atoms with Gasteiger partial charge in [-0.2, -0.15) is 5.10 Å². The quantitative estimate of drug-likeness (QED) is 0.366. The third-order valence-electron chi connectivity index (χ3n) is 5.29. The summed E-state index contributed by atoms with van der Waals surface area (Å²) in [6.45, 7) is 11.3. The second-order valence-corrected chi connectivity index (χ2v) is 9.44. The Morgan fingerprint density at radius 1 is 1.19 bits per heavy atom. The first-order valence-corrected chi connectivity index (χ1v) is 12.2. The fourth-order valence-electron chi connectivity index (χ4n) is 3.53. The molecular weight excluding hydrogens is 481 g/mol. The van der Waals surface area contributed by atoms with Crippen LogP contribution in [-0.4, -0.2) is 51.5 Å². The number of alkyl carbamates (subject to hydrolysis) is 1. The number of carbonyl (C=O) groups excluding carboxylic acids is 2. The number of ether oxygens (including phenoxy) is 3. The molecule has 0 unspecified atom stereocenters. The van der Waals surface area contributed by atoms with Gasteiger partial charge in [0.15, 0.2) is 5.65 Å². The first kappa shape index (κ1) is 27.7. The highest BCUT2D eigenvalue weighted by atomic mass is 19.1. The Labute approximate surface area is 215 Å². The van der Waals surface area contributed by atoms with Gasteiger partial charge in [-0.1, -0.05) is 6.92 Å². The van der Waals surface area contributed by atoms with E-state index in [1.165, 1.54) is 22.8 Å². The number of hydrogen-bond donors (Lipinski definition) is 2. The van der Waals surface area contributed by atoms with Gasteiger partial charge in [0.05, 0.1) is 25.4 Å². The zero-order valence-electron chi connectivity index (χ0n) is 22.0. The van der Waals surface area contributed by atoms with Crippen molar-refractivity contribution in [3.8, 4) is 5.75 Å². The number of benzene rings is 1. The van der Waals surface area contributed by atoms with Crippen LogP contribution in [0, 0.1) is 5.82 Å². The Balaban J connectivity index is 1.76. The second-order valence-electron chi connectivity index (χ2n) is 9.44. The molecule has 37 heavy (non-hydrogen) atoms. The molecule has 0 radical (unpaired) electrons. The number of carbonyl (C=O) groups is 2. The first-order chi connectivity index (χ1) is 17.5. The number of anilines is 1. The largest absolute Gasteiger partial charge is 0.488 e. The molecule has 0 bridgehead atoms. The predicted molar refractivity (Wildman–Crippen MR) is 136 cm³/mol. The van der Waals surface area contributed by atoms with E-state index in [2.05, 4.69) is 20.7 Å². The van der Waals surface area contributed by atoms with Gasteiger partial charge in [-0.3, -0.25) is 0 Å². The van der Waals surface area contributed by atoms with E-state index in [4.69, 9.17) is 14.2 Å². The zero-order chi connectivity index (χ0) is 27.2. The number of hydrogen-bond acceptors (Lipinski definition) is 8. The molecule has 200 valence electrons. The van der Waals surface area contributed by atoms with Crippen molar-refractivity contribution in [2.75, 3.05) is 18.5 Å². The summed E-state index contributed by atoms with van der Waals surface area (Å²) in [7, 11) is 0. The number of rotatable bonds is 10. The maximum absolute atomic E-state index is 14.2. The molecule has 2 aromatic heterocycles. The lowest BCUT2D eigenvalue weighted by atomic mass is 10.1. The van der Waals surface area contributed by atoms with Crippen molar-refractivity contribution in [1.82, 2.24) is 19.9 Å². The highest BCUT2D eigenvalue weighted by Gasteiger charge is 2.21. The van der Waals surface area contributed by atoms with E-state index in [9.17, 15) is 14.0 Å². The predicted octanol–water partition coefficient (Wildman–Crippen LogP) is 4.90. The zero-order valence-corrected chi connectivity index (χ0v) is 22.0. The van der Waals surface area contributed by atoms with Gasteiger partial charge in [0.25, 0.3) is 0 Å². The molecule has 0 fully saturated rings. The average molecular weight is 516 g/mol. The minimum Gasteiger partial charge on any atom is -0.488 e. The van der Waals surface area contributed by atoms with Crippen molar-refractivity contribution in [1.29, 1.82) is 0 Å². The summed E-state index contributed by atoms with van der Waals surface area (Å²) in [5.74, 6) is -0.00174. The molecule has 2 atom stereocenters. The van der Waals surface area contributed by atoms with Gasteiger partial charge in [0.2, 0.25) is 0 Å². The van der Waals surface area contributed by atoms with E-state index >= 15 is 0 Å². The number of aromatic nitrogens is 3. The Morgan fingerprint density at radius 2 is 1.95 bits per heavy atom. The summed E-state index contributed by atoms with van der Waals surface area (Å²) in [6, 6.07) is 5.56. The van der Waals surface area contributed by atoms with E-state index in [0.29, 0.717) is 29.2 Å². The lowest BCUT2D eigenvalue weighted by Gasteiger charge is -2.24. The fraction of sp³-hybridized carbons (Fsp3) is 0.462. The topological polar surface area (TPSA) is 116 Å². The third-order valence-corrected chi connectivity index (χ3v) is 5.29. The van der Waals surface area contributed by atoms with E-state index in [1.54, 1.807) is 46.0 Å². The first-order valence-electron chi connectivity index (χ1n) is 12.2. The Kier molecular flexibility index (Phi) is 8.90. The number of esters is 1.